The highest BCUT2D eigenvalue weighted by atomic mass is 16.1. The number of benzene rings is 5. The molecule has 0 saturated carbocycles. The first kappa shape index (κ1) is 21.2. The minimum atomic E-state index is -0.233. The summed E-state index contributed by atoms with van der Waals surface area (Å²) in [6.45, 7) is 0. The number of fused-ring (bicyclic) bond motifs is 4. The van der Waals surface area contributed by atoms with Crippen LogP contribution in [0.2, 0.25) is 0 Å². The van der Waals surface area contributed by atoms with Crippen molar-refractivity contribution < 1.29 is 4.79 Å². The zero-order chi connectivity index (χ0) is 24.9. The van der Waals surface area contributed by atoms with Gasteiger partial charge in [-0.1, -0.05) is 91.0 Å². The number of carbonyl (C=O) groups excluding carboxylic acids is 1. The summed E-state index contributed by atoms with van der Waals surface area (Å²) < 4.78 is 1.45. The van der Waals surface area contributed by atoms with Gasteiger partial charge >= 0.3 is 0 Å². The second-order valence-corrected chi connectivity index (χ2v) is 9.18. The highest BCUT2D eigenvalue weighted by Gasteiger charge is 2.30. The summed E-state index contributed by atoms with van der Waals surface area (Å²) in [5.41, 5.74) is 7.52. The van der Waals surface area contributed by atoms with Gasteiger partial charge in [0, 0.05) is 0 Å². The lowest BCUT2D eigenvalue weighted by Gasteiger charge is -2.09. The zero-order valence-electron chi connectivity index (χ0n) is 19.8. The molecule has 6 aromatic rings. The Morgan fingerprint density at radius 3 is 1.78 bits per heavy atom. The molecule has 0 radical (unpaired) electrons. The quantitative estimate of drug-likeness (QED) is 0.278. The molecule has 0 aliphatic carbocycles. The Bertz CT molecular complexity index is 1910. The monoisotopic (exact) mass is 476 g/mol. The van der Waals surface area contributed by atoms with E-state index in [0.717, 1.165) is 33.4 Å². The van der Waals surface area contributed by atoms with Gasteiger partial charge in [0.15, 0.2) is 5.82 Å². The van der Waals surface area contributed by atoms with Gasteiger partial charge in [-0.3, -0.25) is 14.2 Å². The predicted molar refractivity (Wildman–Crippen MR) is 147 cm³/mol. The standard InChI is InChI=1S/C33H20N2O2/c36-31-28-19-25(22-10-5-2-6-11-22)15-17-30(28)35-32(31)34-29-20-26(14-16-27(29)33(35)37)24-13-7-12-23(18-24)21-8-3-1-4-9-21/h1-20H. The van der Waals surface area contributed by atoms with Crippen LogP contribution in [0.4, 0.5) is 0 Å². The van der Waals surface area contributed by atoms with E-state index in [1.54, 1.807) is 0 Å². The lowest BCUT2D eigenvalue weighted by Crippen LogP contribution is -2.21. The minimum Gasteiger partial charge on any atom is -0.285 e. The van der Waals surface area contributed by atoms with Gasteiger partial charge in [0.1, 0.15) is 0 Å². The molecule has 0 bridgehead atoms. The number of aromatic nitrogens is 2. The number of rotatable bonds is 3. The Hall–Kier alpha value is -5.09. The van der Waals surface area contributed by atoms with Crippen molar-refractivity contribution in [1.29, 1.82) is 0 Å². The molecule has 1 aliphatic heterocycles. The summed E-state index contributed by atoms with van der Waals surface area (Å²) in [6, 6.07) is 39.6. The van der Waals surface area contributed by atoms with E-state index in [4.69, 9.17) is 4.98 Å². The van der Waals surface area contributed by atoms with Crippen molar-refractivity contribution in [2.24, 2.45) is 0 Å². The molecule has 0 N–H and O–H groups in total. The number of hydrogen-bond donors (Lipinski definition) is 0. The first-order valence-corrected chi connectivity index (χ1v) is 12.1. The van der Waals surface area contributed by atoms with Crippen LogP contribution in [0, 0.1) is 0 Å². The molecular weight excluding hydrogens is 456 g/mol. The molecule has 4 heteroatoms. The van der Waals surface area contributed by atoms with Crippen LogP contribution in [0.5, 0.6) is 0 Å². The topological polar surface area (TPSA) is 52.0 Å². The van der Waals surface area contributed by atoms with Crippen LogP contribution in [0.3, 0.4) is 0 Å². The van der Waals surface area contributed by atoms with Crippen molar-refractivity contribution in [2.45, 2.75) is 0 Å². The lowest BCUT2D eigenvalue weighted by atomic mass is 9.98. The van der Waals surface area contributed by atoms with Gasteiger partial charge in [0.25, 0.3) is 5.56 Å². The fraction of sp³-hybridized carbons (Fsp3) is 0. The average Bonchev–Trinajstić information content (AvgIpc) is 3.25. The predicted octanol–water partition coefficient (Wildman–Crippen LogP) is 6.93. The van der Waals surface area contributed by atoms with E-state index in [2.05, 4.69) is 24.3 Å². The molecule has 2 heterocycles. The number of ketones is 1. The van der Waals surface area contributed by atoms with Crippen LogP contribution >= 0.6 is 0 Å². The van der Waals surface area contributed by atoms with E-state index in [9.17, 15) is 9.59 Å². The van der Waals surface area contributed by atoms with Gasteiger partial charge in [-0.2, -0.15) is 0 Å². The number of carbonyl (C=O) groups is 1. The third-order valence-corrected chi connectivity index (χ3v) is 6.96. The van der Waals surface area contributed by atoms with E-state index in [0.29, 0.717) is 22.2 Å². The van der Waals surface area contributed by atoms with Crippen LogP contribution in [0.1, 0.15) is 16.2 Å². The summed E-state index contributed by atoms with van der Waals surface area (Å²) in [7, 11) is 0. The maximum atomic E-state index is 13.5. The normalized spacial score (nSPS) is 11.9. The highest BCUT2D eigenvalue weighted by Crippen LogP contribution is 2.32. The van der Waals surface area contributed by atoms with Gasteiger partial charge < -0.3 is 0 Å². The Balaban J connectivity index is 1.34. The van der Waals surface area contributed by atoms with Crippen LogP contribution in [0.15, 0.2) is 126 Å². The maximum Gasteiger partial charge on any atom is 0.266 e. The molecule has 0 saturated heterocycles. The maximum absolute atomic E-state index is 13.5. The van der Waals surface area contributed by atoms with E-state index in [-0.39, 0.29) is 17.2 Å². The highest BCUT2D eigenvalue weighted by molar-refractivity contribution is 6.14. The molecule has 0 fully saturated rings. The van der Waals surface area contributed by atoms with Crippen molar-refractivity contribution in [3.63, 3.8) is 0 Å². The van der Waals surface area contributed by atoms with Crippen molar-refractivity contribution in [1.82, 2.24) is 9.55 Å². The van der Waals surface area contributed by atoms with E-state index in [1.165, 1.54) is 4.57 Å². The van der Waals surface area contributed by atoms with E-state index >= 15 is 0 Å². The van der Waals surface area contributed by atoms with E-state index in [1.807, 2.05) is 97.1 Å². The molecule has 37 heavy (non-hydrogen) atoms. The molecule has 0 atom stereocenters. The van der Waals surface area contributed by atoms with Crippen molar-refractivity contribution in [2.75, 3.05) is 0 Å². The number of hydrogen-bond acceptors (Lipinski definition) is 3. The van der Waals surface area contributed by atoms with Gasteiger partial charge in [-0.05, 0) is 63.7 Å². The molecule has 5 aromatic carbocycles. The van der Waals surface area contributed by atoms with Gasteiger partial charge in [0.05, 0.1) is 22.2 Å². The first-order chi connectivity index (χ1) is 18.2. The first-order valence-electron chi connectivity index (χ1n) is 12.1. The van der Waals surface area contributed by atoms with Gasteiger partial charge in [0.2, 0.25) is 5.78 Å². The largest absolute Gasteiger partial charge is 0.285 e. The van der Waals surface area contributed by atoms with Crippen LogP contribution in [-0.2, 0) is 0 Å². The number of nitrogens with zero attached hydrogens (tertiary/aromatic N) is 2. The van der Waals surface area contributed by atoms with E-state index < -0.39 is 0 Å². The Morgan fingerprint density at radius 1 is 0.514 bits per heavy atom. The third kappa shape index (κ3) is 3.42. The zero-order valence-corrected chi connectivity index (χ0v) is 19.8. The second kappa shape index (κ2) is 8.25. The summed E-state index contributed by atoms with van der Waals surface area (Å²) in [5, 5.41) is 0.486. The van der Waals surface area contributed by atoms with Crippen molar-refractivity contribution in [3.8, 4) is 39.1 Å². The summed E-state index contributed by atoms with van der Waals surface area (Å²) in [6.07, 6.45) is 0. The SMILES string of the molecule is O=C1c2cc(-c3ccccc3)ccc2-n2c1nc1cc(-c3cccc(-c4ccccc4)c3)ccc1c2=O. The molecule has 7 rings (SSSR count). The molecule has 0 amide bonds. The molecule has 0 unspecified atom stereocenters. The third-order valence-electron chi connectivity index (χ3n) is 6.96. The molecule has 4 nitrogen and oxygen atoms in total. The fourth-order valence-corrected chi connectivity index (χ4v) is 5.09. The summed E-state index contributed by atoms with van der Waals surface area (Å²) >= 11 is 0. The molecule has 1 aromatic heterocycles. The van der Waals surface area contributed by atoms with Crippen molar-refractivity contribution >= 4 is 16.7 Å². The smallest absolute Gasteiger partial charge is 0.266 e. The summed E-state index contributed by atoms with van der Waals surface area (Å²) in [5.74, 6) is -0.0730. The Morgan fingerprint density at radius 2 is 1.08 bits per heavy atom. The molecule has 1 aliphatic rings. The summed E-state index contributed by atoms with van der Waals surface area (Å²) in [4.78, 5) is 31.6. The molecular formula is C33H20N2O2. The Kier molecular flexibility index (Phi) is 4.73. The second-order valence-electron chi connectivity index (χ2n) is 9.18. The lowest BCUT2D eigenvalue weighted by molar-refractivity contribution is 0.103. The van der Waals surface area contributed by atoms with Gasteiger partial charge in [-0.15, -0.1) is 0 Å². The minimum absolute atomic E-state index is 0.160. The van der Waals surface area contributed by atoms with Crippen LogP contribution < -0.4 is 5.56 Å². The van der Waals surface area contributed by atoms with Crippen LogP contribution in [0.25, 0.3) is 50.0 Å². The average molecular weight is 477 g/mol. The van der Waals surface area contributed by atoms with Crippen LogP contribution in [-0.4, -0.2) is 15.3 Å². The molecule has 174 valence electrons. The van der Waals surface area contributed by atoms with Gasteiger partial charge in [-0.25, -0.2) is 4.98 Å². The molecule has 0 spiro atoms. The van der Waals surface area contributed by atoms with Crippen molar-refractivity contribution in [3.05, 3.63) is 143 Å². The fourth-order valence-electron chi connectivity index (χ4n) is 5.09. The Labute approximate surface area is 213 Å².